The molecule has 0 aromatic rings. The molecule has 0 radical (unpaired) electrons. The lowest BCUT2D eigenvalue weighted by Gasteiger charge is -2.23. The Balaban J connectivity index is 2.67. The van der Waals surface area contributed by atoms with Crippen LogP contribution in [0.2, 0.25) is 0 Å². The van der Waals surface area contributed by atoms with Gasteiger partial charge in [-0.1, -0.05) is 0 Å². The number of amides is 3. The van der Waals surface area contributed by atoms with Crippen LogP contribution in [0.1, 0.15) is 32.6 Å². The maximum absolute atomic E-state index is 12.6. The highest BCUT2D eigenvalue weighted by Crippen LogP contribution is 2.07. The number of carboxylic acid groups (broad SMARTS) is 1. The van der Waals surface area contributed by atoms with Crippen LogP contribution < -0.4 is 21.3 Å². The van der Waals surface area contributed by atoms with E-state index in [4.69, 9.17) is 0 Å². The lowest BCUT2D eigenvalue weighted by Crippen LogP contribution is -2.56. The van der Waals surface area contributed by atoms with Crippen LogP contribution in [-0.2, 0) is 19.2 Å². The van der Waals surface area contributed by atoms with Gasteiger partial charge in [0.2, 0.25) is 17.7 Å². The van der Waals surface area contributed by atoms with Gasteiger partial charge in [-0.25, -0.2) is 4.79 Å². The second-order valence-electron chi connectivity index (χ2n) is 6.90. The van der Waals surface area contributed by atoms with Gasteiger partial charge in [-0.15, -0.1) is 0 Å². The first-order chi connectivity index (χ1) is 13.8. The fourth-order valence-corrected chi connectivity index (χ4v) is 3.80. The van der Waals surface area contributed by atoms with E-state index < -0.39 is 35.9 Å². The van der Waals surface area contributed by atoms with Crippen molar-refractivity contribution < 1.29 is 24.3 Å². The molecule has 1 aliphatic rings. The van der Waals surface area contributed by atoms with E-state index in [-0.39, 0.29) is 11.9 Å². The van der Waals surface area contributed by atoms with Gasteiger partial charge in [-0.3, -0.25) is 14.4 Å². The van der Waals surface area contributed by atoms with Crippen molar-refractivity contribution in [2.24, 2.45) is 0 Å². The first kappa shape index (κ1) is 25.6. The van der Waals surface area contributed by atoms with Gasteiger partial charge < -0.3 is 26.4 Å². The summed E-state index contributed by atoms with van der Waals surface area (Å²) in [6.07, 6.45) is 6.04. The molecule has 11 heteroatoms. The topological polar surface area (TPSA) is 137 Å². The summed E-state index contributed by atoms with van der Waals surface area (Å²) in [5.74, 6) is -1.14. The molecule has 0 bridgehead atoms. The Morgan fingerprint density at radius 1 is 1.00 bits per heavy atom. The molecule has 4 atom stereocenters. The third-order valence-corrected chi connectivity index (χ3v) is 5.89. The van der Waals surface area contributed by atoms with Crippen molar-refractivity contribution in [2.75, 3.05) is 30.6 Å². The van der Waals surface area contributed by atoms with Gasteiger partial charge in [0.05, 0.1) is 6.04 Å². The van der Waals surface area contributed by atoms with Crippen molar-refractivity contribution in [3.05, 3.63) is 0 Å². The van der Waals surface area contributed by atoms with Gasteiger partial charge >= 0.3 is 5.97 Å². The second-order valence-corrected chi connectivity index (χ2v) is 8.87. The highest BCUT2D eigenvalue weighted by molar-refractivity contribution is 7.98. The van der Waals surface area contributed by atoms with Crippen molar-refractivity contribution in [1.82, 2.24) is 21.3 Å². The molecule has 1 aliphatic heterocycles. The van der Waals surface area contributed by atoms with Crippen molar-refractivity contribution in [3.8, 4) is 0 Å². The first-order valence-electron chi connectivity index (χ1n) is 9.65. The number of rotatable bonds is 13. The van der Waals surface area contributed by atoms with Crippen molar-refractivity contribution in [2.45, 2.75) is 56.8 Å². The minimum absolute atomic E-state index is 0.238. The third-order valence-electron chi connectivity index (χ3n) is 4.60. The van der Waals surface area contributed by atoms with Crippen LogP contribution in [0, 0.1) is 0 Å². The lowest BCUT2D eigenvalue weighted by molar-refractivity contribution is -0.142. The van der Waals surface area contributed by atoms with E-state index in [0.717, 1.165) is 19.4 Å². The number of hydrogen-bond acceptors (Lipinski definition) is 7. The molecule has 1 rings (SSSR count). The van der Waals surface area contributed by atoms with Crippen LogP contribution in [-0.4, -0.2) is 83.5 Å². The average Bonchev–Trinajstić information content (AvgIpc) is 3.22. The number of carboxylic acids is 1. The summed E-state index contributed by atoms with van der Waals surface area (Å²) < 4.78 is 0. The molecule has 9 nitrogen and oxygen atoms in total. The number of aliphatic carboxylic acids is 1. The van der Waals surface area contributed by atoms with Crippen molar-refractivity contribution in [1.29, 1.82) is 0 Å². The molecule has 0 aromatic heterocycles. The molecule has 0 aromatic carbocycles. The second kappa shape index (κ2) is 13.7. The van der Waals surface area contributed by atoms with E-state index in [1.54, 1.807) is 6.92 Å². The predicted octanol–water partition coefficient (Wildman–Crippen LogP) is -0.196. The minimum Gasteiger partial charge on any atom is -0.480 e. The Bertz CT molecular complexity index is 572. The fraction of sp³-hybridized carbons (Fsp3) is 0.778. The van der Waals surface area contributed by atoms with Gasteiger partial charge in [-0.2, -0.15) is 23.5 Å². The predicted molar refractivity (Wildman–Crippen MR) is 116 cm³/mol. The van der Waals surface area contributed by atoms with Crippen LogP contribution in [0.3, 0.4) is 0 Å². The Labute approximate surface area is 180 Å². The van der Waals surface area contributed by atoms with Crippen LogP contribution in [0.25, 0.3) is 0 Å². The van der Waals surface area contributed by atoms with Gasteiger partial charge in [0.15, 0.2) is 0 Å². The zero-order chi connectivity index (χ0) is 21.8. The maximum Gasteiger partial charge on any atom is 0.326 e. The molecule has 0 aliphatic carbocycles. The van der Waals surface area contributed by atoms with Gasteiger partial charge in [0.1, 0.15) is 18.1 Å². The smallest absolute Gasteiger partial charge is 0.326 e. The highest BCUT2D eigenvalue weighted by Gasteiger charge is 2.29. The molecule has 3 amide bonds. The van der Waals surface area contributed by atoms with E-state index in [1.165, 1.54) is 23.5 Å². The zero-order valence-electron chi connectivity index (χ0n) is 17.2. The number of thioether (sulfide) groups is 2. The molecule has 166 valence electrons. The summed E-state index contributed by atoms with van der Waals surface area (Å²) >= 11 is 3.01. The van der Waals surface area contributed by atoms with E-state index in [1.807, 2.05) is 12.5 Å². The van der Waals surface area contributed by atoms with E-state index in [0.29, 0.717) is 24.3 Å². The fourth-order valence-electron chi connectivity index (χ4n) is 2.85. The number of carbonyl (C=O) groups excluding carboxylic acids is 3. The lowest BCUT2D eigenvalue weighted by atomic mass is 10.1. The Morgan fingerprint density at radius 2 is 1.59 bits per heavy atom. The molecule has 29 heavy (non-hydrogen) atoms. The normalized spacial score (nSPS) is 19.1. The van der Waals surface area contributed by atoms with E-state index in [2.05, 4.69) is 21.3 Å². The van der Waals surface area contributed by atoms with Crippen LogP contribution in [0.5, 0.6) is 0 Å². The third kappa shape index (κ3) is 9.26. The Hall–Kier alpha value is -1.46. The molecule has 1 fully saturated rings. The molecule has 4 unspecified atom stereocenters. The zero-order valence-corrected chi connectivity index (χ0v) is 18.8. The Morgan fingerprint density at radius 3 is 2.10 bits per heavy atom. The number of carbonyl (C=O) groups is 4. The van der Waals surface area contributed by atoms with Crippen molar-refractivity contribution >= 4 is 47.2 Å². The summed E-state index contributed by atoms with van der Waals surface area (Å²) in [5.41, 5.74) is 0. The molecule has 5 N–H and O–H groups in total. The molecule has 1 heterocycles. The first-order valence-corrected chi connectivity index (χ1v) is 12.4. The largest absolute Gasteiger partial charge is 0.480 e. The number of nitrogens with one attached hydrogen (secondary N) is 4. The summed E-state index contributed by atoms with van der Waals surface area (Å²) in [4.78, 5) is 48.7. The van der Waals surface area contributed by atoms with Gasteiger partial charge in [0, 0.05) is 0 Å². The van der Waals surface area contributed by atoms with Crippen LogP contribution in [0.15, 0.2) is 0 Å². The standard InChI is InChI=1S/C18H32N4O5S2/c1-11(20-16(24)12-5-4-8-19-12)15(23)21-13(6-9-28-2)17(25)22-14(18(26)27)7-10-29-3/h11-14,19H,4-10H2,1-3H3,(H,20,24)(H,21,23)(H,22,25)(H,26,27). The highest BCUT2D eigenvalue weighted by atomic mass is 32.2. The van der Waals surface area contributed by atoms with Crippen molar-refractivity contribution in [3.63, 3.8) is 0 Å². The molecular formula is C18H32N4O5S2. The SMILES string of the molecule is CSCCC(NC(=O)C(CCSC)NC(=O)C(C)NC(=O)C1CCCN1)C(=O)O. The summed E-state index contributed by atoms with van der Waals surface area (Å²) in [7, 11) is 0. The maximum atomic E-state index is 12.6. The summed E-state index contributed by atoms with van der Waals surface area (Å²) in [5, 5.41) is 20.2. The monoisotopic (exact) mass is 448 g/mol. The van der Waals surface area contributed by atoms with Crippen LogP contribution >= 0.6 is 23.5 Å². The Kier molecular flexibility index (Phi) is 12.1. The molecule has 0 spiro atoms. The minimum atomic E-state index is -1.10. The average molecular weight is 449 g/mol. The summed E-state index contributed by atoms with van der Waals surface area (Å²) in [6.45, 7) is 2.33. The molecule has 1 saturated heterocycles. The van der Waals surface area contributed by atoms with Gasteiger partial charge in [-0.05, 0) is 63.2 Å². The molecule has 0 saturated carbocycles. The number of hydrogen-bond donors (Lipinski definition) is 5. The quantitative estimate of drug-likeness (QED) is 0.261. The van der Waals surface area contributed by atoms with E-state index >= 15 is 0 Å². The summed E-state index contributed by atoms with van der Waals surface area (Å²) in [6, 6.07) is -2.97. The molecular weight excluding hydrogens is 416 g/mol. The van der Waals surface area contributed by atoms with Gasteiger partial charge in [0.25, 0.3) is 0 Å². The van der Waals surface area contributed by atoms with E-state index in [9.17, 15) is 24.3 Å². The van der Waals surface area contributed by atoms with Crippen LogP contribution in [0.4, 0.5) is 0 Å².